The standard InChI is InChI=1S/C30H57NO3/c1-21(17-27(10,11)26(8,9)16-15-24(2,3)4)30(14)29(13,31-30)20-28(12,25(5,6)7)23(32)34-19-22-18-33-22/h21-22,31H,15-20H2,1-14H3. The van der Waals surface area contributed by atoms with E-state index in [-0.39, 0.29) is 39.4 Å². The fraction of sp³-hybridized carbons (Fsp3) is 0.967. The van der Waals surface area contributed by atoms with E-state index >= 15 is 0 Å². The van der Waals surface area contributed by atoms with Crippen molar-refractivity contribution < 1.29 is 14.3 Å². The monoisotopic (exact) mass is 479 g/mol. The Morgan fingerprint density at radius 3 is 1.94 bits per heavy atom. The molecule has 0 saturated carbocycles. The molecule has 0 bridgehead atoms. The molecule has 0 aromatic heterocycles. The van der Waals surface area contributed by atoms with Gasteiger partial charge in [0, 0.05) is 11.1 Å². The van der Waals surface area contributed by atoms with Crippen molar-refractivity contribution in [3.63, 3.8) is 0 Å². The van der Waals surface area contributed by atoms with Gasteiger partial charge in [-0.1, -0.05) is 76.2 Å². The number of ether oxygens (including phenoxy) is 2. The fourth-order valence-electron chi connectivity index (χ4n) is 5.55. The van der Waals surface area contributed by atoms with Crippen LogP contribution in [0.15, 0.2) is 0 Å². The summed E-state index contributed by atoms with van der Waals surface area (Å²) in [5, 5.41) is 3.88. The lowest BCUT2D eigenvalue weighted by Gasteiger charge is -2.46. The summed E-state index contributed by atoms with van der Waals surface area (Å²) in [5.41, 5.74) is -0.0683. The summed E-state index contributed by atoms with van der Waals surface area (Å²) < 4.78 is 11.0. The zero-order valence-corrected chi connectivity index (χ0v) is 25.1. The Kier molecular flexibility index (Phi) is 7.88. The summed E-state index contributed by atoms with van der Waals surface area (Å²) in [6.07, 6.45) is 4.48. The number of epoxide rings is 1. The molecule has 0 radical (unpaired) electrons. The number of esters is 1. The Hall–Kier alpha value is -0.610. The summed E-state index contributed by atoms with van der Waals surface area (Å²) in [6, 6.07) is 0. The second-order valence-corrected chi connectivity index (χ2v) is 15.9. The number of nitrogens with one attached hydrogen (secondary N) is 1. The predicted molar refractivity (Wildman–Crippen MR) is 143 cm³/mol. The topological polar surface area (TPSA) is 60.8 Å². The van der Waals surface area contributed by atoms with Gasteiger partial charge < -0.3 is 14.8 Å². The van der Waals surface area contributed by atoms with Gasteiger partial charge in [-0.25, -0.2) is 0 Å². The van der Waals surface area contributed by atoms with Gasteiger partial charge in [-0.15, -0.1) is 0 Å². The molecule has 5 atom stereocenters. The van der Waals surface area contributed by atoms with Crippen molar-refractivity contribution in [1.82, 2.24) is 5.32 Å². The second-order valence-electron chi connectivity index (χ2n) is 15.9. The van der Waals surface area contributed by atoms with Gasteiger partial charge in [0.15, 0.2) is 0 Å². The van der Waals surface area contributed by atoms with Crippen LogP contribution in [0.2, 0.25) is 0 Å². The third kappa shape index (κ3) is 6.20. The normalized spacial score (nSPS) is 30.5. The summed E-state index contributed by atoms with van der Waals surface area (Å²) >= 11 is 0. The van der Waals surface area contributed by atoms with Crippen LogP contribution in [-0.2, 0) is 14.3 Å². The minimum atomic E-state index is -0.581. The van der Waals surface area contributed by atoms with Gasteiger partial charge in [0.2, 0.25) is 0 Å². The molecule has 2 rings (SSSR count). The smallest absolute Gasteiger partial charge is 0.312 e. The van der Waals surface area contributed by atoms with E-state index in [4.69, 9.17) is 9.47 Å². The van der Waals surface area contributed by atoms with Crippen LogP contribution in [0.25, 0.3) is 0 Å². The minimum absolute atomic E-state index is 0.00320. The fourth-order valence-corrected chi connectivity index (χ4v) is 5.55. The second kappa shape index (κ2) is 9.05. The van der Waals surface area contributed by atoms with Crippen LogP contribution in [0.1, 0.15) is 123 Å². The Morgan fingerprint density at radius 2 is 1.50 bits per heavy atom. The first-order chi connectivity index (χ1) is 15.0. The maximum atomic E-state index is 13.3. The van der Waals surface area contributed by atoms with Crippen LogP contribution >= 0.6 is 0 Å². The van der Waals surface area contributed by atoms with Crippen molar-refractivity contribution in [1.29, 1.82) is 0 Å². The van der Waals surface area contributed by atoms with Gasteiger partial charge in [0.05, 0.1) is 12.0 Å². The third-order valence-electron chi connectivity index (χ3n) is 10.4. The highest BCUT2D eigenvalue weighted by Crippen LogP contribution is 2.58. The van der Waals surface area contributed by atoms with E-state index < -0.39 is 5.41 Å². The maximum Gasteiger partial charge on any atom is 0.312 e. The Morgan fingerprint density at radius 1 is 0.971 bits per heavy atom. The summed E-state index contributed by atoms with van der Waals surface area (Å²) in [7, 11) is 0. The molecular weight excluding hydrogens is 422 g/mol. The van der Waals surface area contributed by atoms with Crippen LogP contribution in [0, 0.1) is 33.0 Å². The summed E-state index contributed by atoms with van der Waals surface area (Å²) in [4.78, 5) is 13.3. The molecule has 2 aliphatic rings. The highest BCUT2D eigenvalue weighted by Gasteiger charge is 2.67. The molecule has 1 N–H and O–H groups in total. The molecule has 0 aromatic carbocycles. The van der Waals surface area contributed by atoms with Crippen LogP contribution in [-0.4, -0.2) is 36.4 Å². The van der Waals surface area contributed by atoms with Gasteiger partial charge in [-0.3, -0.25) is 4.79 Å². The lowest BCUT2D eigenvalue weighted by Crippen LogP contribution is -2.47. The average molecular weight is 480 g/mol. The van der Waals surface area contributed by atoms with E-state index in [2.05, 4.69) is 102 Å². The molecule has 0 amide bonds. The van der Waals surface area contributed by atoms with Gasteiger partial charge in [0.1, 0.15) is 12.7 Å². The lowest BCUT2D eigenvalue weighted by molar-refractivity contribution is -0.163. The first-order valence-corrected chi connectivity index (χ1v) is 13.6. The molecule has 0 aromatic rings. The largest absolute Gasteiger partial charge is 0.462 e. The third-order valence-corrected chi connectivity index (χ3v) is 10.4. The number of carbonyl (C=O) groups is 1. The molecular formula is C30H57NO3. The molecule has 200 valence electrons. The van der Waals surface area contributed by atoms with Crippen molar-refractivity contribution in [2.75, 3.05) is 13.2 Å². The molecule has 4 heteroatoms. The van der Waals surface area contributed by atoms with Crippen molar-refractivity contribution in [3.8, 4) is 0 Å². The number of rotatable bonds is 11. The van der Waals surface area contributed by atoms with Crippen molar-refractivity contribution in [2.24, 2.45) is 33.0 Å². The van der Waals surface area contributed by atoms with E-state index in [9.17, 15) is 4.79 Å². The number of hydrogen-bond donors (Lipinski definition) is 1. The first kappa shape index (κ1) is 29.6. The molecule has 2 aliphatic heterocycles. The average Bonchev–Trinajstić information content (AvgIpc) is 3.54. The van der Waals surface area contributed by atoms with Gasteiger partial charge in [-0.2, -0.15) is 0 Å². The molecule has 2 saturated heterocycles. The first-order valence-electron chi connectivity index (χ1n) is 13.6. The van der Waals surface area contributed by atoms with E-state index in [1.54, 1.807) is 0 Å². The SMILES string of the molecule is CC(CC(C)(C)C(C)(C)CCC(C)(C)C)C1(C)NC1(C)CC(C)(C(=O)OCC1CO1)C(C)(C)C. The van der Waals surface area contributed by atoms with Crippen LogP contribution < -0.4 is 5.32 Å². The highest BCUT2D eigenvalue weighted by atomic mass is 16.6. The molecule has 4 nitrogen and oxygen atoms in total. The maximum absolute atomic E-state index is 13.3. The Balaban J connectivity index is 2.13. The number of carbonyl (C=O) groups excluding carboxylic acids is 1. The Labute approximate surface area is 211 Å². The Bertz CT molecular complexity index is 739. The molecule has 0 aliphatic carbocycles. The van der Waals surface area contributed by atoms with Crippen LogP contribution in [0.5, 0.6) is 0 Å². The van der Waals surface area contributed by atoms with E-state index in [0.717, 1.165) is 12.8 Å². The molecule has 0 spiro atoms. The van der Waals surface area contributed by atoms with Crippen molar-refractivity contribution in [3.05, 3.63) is 0 Å². The molecule has 2 fully saturated rings. The molecule has 5 unspecified atom stereocenters. The van der Waals surface area contributed by atoms with Gasteiger partial charge >= 0.3 is 5.97 Å². The van der Waals surface area contributed by atoms with E-state index in [1.807, 2.05) is 0 Å². The zero-order chi connectivity index (χ0) is 26.6. The van der Waals surface area contributed by atoms with E-state index in [1.165, 1.54) is 12.8 Å². The summed E-state index contributed by atoms with van der Waals surface area (Å²) in [6.45, 7) is 33.6. The van der Waals surface area contributed by atoms with Gasteiger partial charge in [0.25, 0.3) is 0 Å². The van der Waals surface area contributed by atoms with Crippen LogP contribution in [0.3, 0.4) is 0 Å². The quantitative estimate of drug-likeness (QED) is 0.248. The van der Waals surface area contributed by atoms with Crippen molar-refractivity contribution in [2.45, 2.75) is 140 Å². The predicted octanol–water partition coefficient (Wildman–Crippen LogP) is 7.40. The van der Waals surface area contributed by atoms with Crippen molar-refractivity contribution >= 4 is 5.97 Å². The molecule has 2 heterocycles. The van der Waals surface area contributed by atoms with Gasteiger partial charge in [-0.05, 0) is 74.0 Å². The highest BCUT2D eigenvalue weighted by molar-refractivity contribution is 5.78. The summed E-state index contributed by atoms with van der Waals surface area (Å²) in [5.74, 6) is 0.394. The lowest BCUT2D eigenvalue weighted by atomic mass is 9.58. The number of hydrogen-bond acceptors (Lipinski definition) is 4. The minimum Gasteiger partial charge on any atom is -0.462 e. The van der Waals surface area contributed by atoms with Crippen LogP contribution in [0.4, 0.5) is 0 Å². The van der Waals surface area contributed by atoms with E-state index in [0.29, 0.717) is 24.5 Å². The zero-order valence-electron chi connectivity index (χ0n) is 25.1. The molecule has 34 heavy (non-hydrogen) atoms.